The Morgan fingerprint density at radius 1 is 1.00 bits per heavy atom. The third kappa shape index (κ3) is 3.82. The number of carbonyl (C=O) groups excluding carboxylic acids is 1. The third-order valence-corrected chi connectivity index (χ3v) is 4.39. The van der Waals surface area contributed by atoms with E-state index >= 15 is 0 Å². The van der Waals surface area contributed by atoms with Gasteiger partial charge in [0.05, 0.1) is 11.3 Å². The van der Waals surface area contributed by atoms with Crippen molar-refractivity contribution in [2.24, 2.45) is 0 Å². The topological polar surface area (TPSA) is 59.3 Å². The summed E-state index contributed by atoms with van der Waals surface area (Å²) < 4.78 is 40.7. The van der Waals surface area contributed by atoms with Crippen LogP contribution in [-0.2, 0) is 6.18 Å². The molecule has 4 aromatic rings. The first kappa shape index (κ1) is 18.7. The van der Waals surface area contributed by atoms with Crippen LogP contribution in [0.15, 0.2) is 66.7 Å². The number of benzene rings is 2. The number of rotatable bonds is 4. The highest BCUT2D eigenvalue weighted by Crippen LogP contribution is 2.32. The number of halogens is 3. The zero-order valence-electron chi connectivity index (χ0n) is 15.2. The van der Waals surface area contributed by atoms with E-state index in [0.717, 1.165) is 12.1 Å². The number of anilines is 2. The van der Waals surface area contributed by atoms with Crippen LogP contribution < -0.4 is 5.32 Å². The second-order valence-electron chi connectivity index (χ2n) is 6.45. The second-order valence-corrected chi connectivity index (χ2v) is 6.45. The molecule has 5 nitrogen and oxygen atoms in total. The Morgan fingerprint density at radius 3 is 2.41 bits per heavy atom. The average Bonchev–Trinajstić information content (AvgIpc) is 3.10. The summed E-state index contributed by atoms with van der Waals surface area (Å²) in [6.07, 6.45) is -4.43. The van der Waals surface area contributed by atoms with Gasteiger partial charge in [0.1, 0.15) is 0 Å². The van der Waals surface area contributed by atoms with Crippen LogP contribution in [0.5, 0.6) is 0 Å². The number of nitrogens with zero attached hydrogens (tertiary/aromatic N) is 3. The van der Waals surface area contributed by atoms with E-state index in [-0.39, 0.29) is 5.78 Å². The number of carbonyl (C=O) groups is 1. The molecular weight excluding hydrogens is 381 g/mol. The molecule has 0 atom stereocenters. The van der Waals surface area contributed by atoms with Crippen molar-refractivity contribution in [1.82, 2.24) is 14.6 Å². The van der Waals surface area contributed by atoms with Crippen molar-refractivity contribution in [3.05, 3.63) is 77.9 Å². The lowest BCUT2D eigenvalue weighted by Crippen LogP contribution is -2.05. The molecule has 0 unspecified atom stereocenters. The normalized spacial score (nSPS) is 11.6. The summed E-state index contributed by atoms with van der Waals surface area (Å²) in [7, 11) is 0. The van der Waals surface area contributed by atoms with E-state index in [0.29, 0.717) is 34.1 Å². The number of hydrogen-bond acceptors (Lipinski definition) is 4. The van der Waals surface area contributed by atoms with Gasteiger partial charge >= 0.3 is 6.18 Å². The van der Waals surface area contributed by atoms with Gasteiger partial charge in [-0.05, 0) is 55.5 Å². The smallest absolute Gasteiger partial charge is 0.323 e. The van der Waals surface area contributed by atoms with Crippen molar-refractivity contribution < 1.29 is 18.0 Å². The lowest BCUT2D eigenvalue weighted by atomic mass is 10.1. The number of hydrogen-bond donors (Lipinski definition) is 1. The van der Waals surface area contributed by atoms with Gasteiger partial charge in [0.2, 0.25) is 5.95 Å². The van der Waals surface area contributed by atoms with Gasteiger partial charge in [0.25, 0.3) is 0 Å². The molecule has 0 aliphatic rings. The van der Waals surface area contributed by atoms with Crippen molar-refractivity contribution in [2.75, 3.05) is 5.32 Å². The van der Waals surface area contributed by atoms with Gasteiger partial charge in [0.15, 0.2) is 11.4 Å². The Kier molecular flexibility index (Phi) is 4.54. The minimum Gasteiger partial charge on any atom is -0.323 e. The van der Waals surface area contributed by atoms with Crippen molar-refractivity contribution in [2.45, 2.75) is 13.1 Å². The average molecular weight is 396 g/mol. The first-order valence-corrected chi connectivity index (χ1v) is 8.73. The third-order valence-electron chi connectivity index (χ3n) is 4.39. The summed E-state index contributed by atoms with van der Waals surface area (Å²) in [6.45, 7) is 1.49. The monoisotopic (exact) mass is 396 g/mol. The maximum atomic E-state index is 13.1. The summed E-state index contributed by atoms with van der Waals surface area (Å²) in [5.41, 5.74) is 1.91. The SMILES string of the molecule is CC(=O)c1ccc(Nc2nc3cccc(-c4cccc(C(F)(F)F)c4)n3n2)cc1. The van der Waals surface area contributed by atoms with Gasteiger partial charge in [-0.25, -0.2) is 4.52 Å². The van der Waals surface area contributed by atoms with Gasteiger partial charge in [-0.3, -0.25) is 4.79 Å². The number of ketones is 1. The van der Waals surface area contributed by atoms with E-state index in [1.165, 1.54) is 17.5 Å². The number of Topliss-reactive ketones (excluding diaryl/α,β-unsaturated/α-hetero) is 1. The molecule has 4 rings (SSSR count). The van der Waals surface area contributed by atoms with E-state index in [1.807, 2.05) is 0 Å². The molecule has 146 valence electrons. The summed E-state index contributed by atoms with van der Waals surface area (Å²) in [5, 5.41) is 7.42. The number of alkyl halides is 3. The lowest BCUT2D eigenvalue weighted by Gasteiger charge is -2.09. The van der Waals surface area contributed by atoms with Crippen molar-refractivity contribution >= 4 is 23.1 Å². The molecule has 0 aliphatic heterocycles. The Balaban J connectivity index is 1.70. The second kappa shape index (κ2) is 7.05. The zero-order chi connectivity index (χ0) is 20.6. The zero-order valence-corrected chi connectivity index (χ0v) is 15.2. The van der Waals surface area contributed by atoms with Crippen LogP contribution in [-0.4, -0.2) is 20.4 Å². The lowest BCUT2D eigenvalue weighted by molar-refractivity contribution is -0.137. The predicted octanol–water partition coefficient (Wildman–Crippen LogP) is 5.36. The number of nitrogens with one attached hydrogen (secondary N) is 1. The highest BCUT2D eigenvalue weighted by atomic mass is 19.4. The van der Waals surface area contributed by atoms with Crippen LogP contribution in [0.25, 0.3) is 16.9 Å². The van der Waals surface area contributed by atoms with E-state index < -0.39 is 11.7 Å². The molecule has 1 N–H and O–H groups in total. The van der Waals surface area contributed by atoms with Gasteiger partial charge in [-0.1, -0.05) is 18.2 Å². The molecule has 0 aliphatic carbocycles. The molecular formula is C21H15F3N4O. The molecule has 0 saturated carbocycles. The predicted molar refractivity (Wildman–Crippen MR) is 103 cm³/mol. The molecule has 0 spiro atoms. The number of pyridine rings is 1. The van der Waals surface area contributed by atoms with Crippen molar-refractivity contribution in [3.8, 4) is 11.3 Å². The van der Waals surface area contributed by atoms with Gasteiger partial charge in [-0.2, -0.15) is 18.2 Å². The summed E-state index contributed by atoms with van der Waals surface area (Å²) in [6, 6.07) is 17.0. The molecule has 29 heavy (non-hydrogen) atoms. The van der Waals surface area contributed by atoms with Crippen LogP contribution >= 0.6 is 0 Å². The van der Waals surface area contributed by atoms with E-state index in [2.05, 4.69) is 15.4 Å². The molecule has 0 saturated heterocycles. The van der Waals surface area contributed by atoms with E-state index in [4.69, 9.17) is 0 Å². The fourth-order valence-corrected chi connectivity index (χ4v) is 2.95. The highest BCUT2D eigenvalue weighted by Gasteiger charge is 2.30. The van der Waals surface area contributed by atoms with Crippen LogP contribution in [0.1, 0.15) is 22.8 Å². The van der Waals surface area contributed by atoms with Crippen LogP contribution in [0, 0.1) is 0 Å². The molecule has 2 aromatic carbocycles. The fraction of sp³-hybridized carbons (Fsp3) is 0.0952. The Hall–Kier alpha value is -3.68. The summed E-state index contributed by atoms with van der Waals surface area (Å²) in [5.74, 6) is 0.258. The summed E-state index contributed by atoms with van der Waals surface area (Å²) in [4.78, 5) is 15.7. The molecule has 0 amide bonds. The first-order chi connectivity index (χ1) is 13.8. The Morgan fingerprint density at radius 2 is 1.72 bits per heavy atom. The van der Waals surface area contributed by atoms with Crippen LogP contribution in [0.3, 0.4) is 0 Å². The maximum absolute atomic E-state index is 13.1. The van der Waals surface area contributed by atoms with Crippen molar-refractivity contribution in [3.63, 3.8) is 0 Å². The minimum atomic E-state index is -4.43. The number of fused-ring (bicyclic) bond motifs is 1. The fourth-order valence-electron chi connectivity index (χ4n) is 2.95. The molecule has 0 fully saturated rings. The molecule has 2 heterocycles. The maximum Gasteiger partial charge on any atom is 0.416 e. The number of aromatic nitrogens is 3. The van der Waals surface area contributed by atoms with Gasteiger partial charge in [-0.15, -0.1) is 5.10 Å². The molecule has 0 bridgehead atoms. The first-order valence-electron chi connectivity index (χ1n) is 8.73. The Labute approximate surface area is 163 Å². The molecule has 8 heteroatoms. The van der Waals surface area contributed by atoms with Gasteiger partial charge in [0, 0.05) is 16.8 Å². The largest absolute Gasteiger partial charge is 0.416 e. The van der Waals surface area contributed by atoms with Crippen molar-refractivity contribution in [1.29, 1.82) is 0 Å². The molecule has 0 radical (unpaired) electrons. The van der Waals surface area contributed by atoms with Crippen LogP contribution in [0.4, 0.5) is 24.8 Å². The van der Waals surface area contributed by atoms with Gasteiger partial charge < -0.3 is 5.32 Å². The molecule has 2 aromatic heterocycles. The van der Waals surface area contributed by atoms with Crippen LogP contribution in [0.2, 0.25) is 0 Å². The standard InChI is InChI=1S/C21H15F3N4O/c1-13(29)14-8-10-17(11-9-14)25-20-26-19-7-3-6-18(28(19)27-20)15-4-2-5-16(12-15)21(22,23)24/h2-12H,1H3,(H,25,27). The summed E-state index contributed by atoms with van der Waals surface area (Å²) >= 11 is 0. The highest BCUT2D eigenvalue weighted by molar-refractivity contribution is 5.94. The van der Waals surface area contributed by atoms with E-state index in [9.17, 15) is 18.0 Å². The van der Waals surface area contributed by atoms with E-state index in [1.54, 1.807) is 48.5 Å². The Bertz CT molecular complexity index is 1200. The quantitative estimate of drug-likeness (QED) is 0.472. The minimum absolute atomic E-state index is 0.0341.